The summed E-state index contributed by atoms with van der Waals surface area (Å²) in [7, 11) is 0. The number of hydrogen-bond donors (Lipinski definition) is 1. The molecule has 0 amide bonds. The Morgan fingerprint density at radius 3 is 2.59 bits per heavy atom. The summed E-state index contributed by atoms with van der Waals surface area (Å²) < 4.78 is 13.8. The first-order valence-electron chi connectivity index (χ1n) is 5.82. The lowest BCUT2D eigenvalue weighted by molar-refractivity contribution is 0.295. The van der Waals surface area contributed by atoms with Crippen molar-refractivity contribution in [3.8, 4) is 0 Å². The molecule has 17 heavy (non-hydrogen) atoms. The highest BCUT2D eigenvalue weighted by Gasteiger charge is 2.19. The van der Waals surface area contributed by atoms with E-state index in [1.54, 1.807) is 4.90 Å². The van der Waals surface area contributed by atoms with Crippen LogP contribution in [0.4, 0.5) is 10.2 Å². The van der Waals surface area contributed by atoms with E-state index in [4.69, 9.17) is 16.7 Å². The molecular weight excluding hydrogens is 243 g/mol. The fourth-order valence-corrected chi connectivity index (χ4v) is 2.06. The van der Waals surface area contributed by atoms with E-state index in [-0.39, 0.29) is 23.5 Å². The first kappa shape index (κ1) is 14.2. The number of hydrogen-bond acceptors (Lipinski definition) is 3. The highest BCUT2D eigenvalue weighted by molar-refractivity contribution is 6.30. The van der Waals surface area contributed by atoms with Crippen molar-refractivity contribution in [2.45, 2.75) is 32.7 Å². The third kappa shape index (κ3) is 3.54. The normalized spacial score (nSPS) is 10.9. The van der Waals surface area contributed by atoms with Crippen LogP contribution in [0.15, 0.2) is 12.3 Å². The van der Waals surface area contributed by atoms with Crippen LogP contribution in [0.2, 0.25) is 5.02 Å². The molecule has 0 saturated carbocycles. The summed E-state index contributed by atoms with van der Waals surface area (Å²) in [4.78, 5) is 5.82. The molecule has 0 aromatic carbocycles. The molecule has 1 rings (SSSR count). The number of nitrogens with zero attached hydrogens (tertiary/aromatic N) is 2. The van der Waals surface area contributed by atoms with Crippen LogP contribution in [0.25, 0.3) is 0 Å². The predicted molar refractivity (Wildman–Crippen MR) is 68.0 cm³/mol. The Hall–Kier alpha value is -0.870. The Labute approximate surface area is 106 Å². The third-order valence-corrected chi connectivity index (χ3v) is 2.99. The number of anilines is 1. The van der Waals surface area contributed by atoms with Crippen LogP contribution in [0.5, 0.6) is 0 Å². The molecule has 3 nitrogen and oxygen atoms in total. The fraction of sp³-hybridized carbons (Fsp3) is 0.583. The average Bonchev–Trinajstić information content (AvgIpc) is 2.30. The minimum atomic E-state index is -0.446. The molecule has 0 radical (unpaired) electrons. The molecule has 0 fully saturated rings. The Bertz CT molecular complexity index is 358. The van der Waals surface area contributed by atoms with Crippen LogP contribution in [0, 0.1) is 5.82 Å². The number of aromatic nitrogens is 1. The molecule has 5 heteroatoms. The lowest BCUT2D eigenvalue weighted by Gasteiger charge is -2.31. The predicted octanol–water partition coefficient (Wildman–Crippen LogP) is 2.86. The van der Waals surface area contributed by atoms with Crippen molar-refractivity contribution in [2.75, 3.05) is 18.1 Å². The zero-order valence-electron chi connectivity index (χ0n) is 10.2. The highest BCUT2D eigenvalue weighted by atomic mass is 35.5. The summed E-state index contributed by atoms with van der Waals surface area (Å²) in [5.74, 6) is -0.185. The molecule has 1 heterocycles. The van der Waals surface area contributed by atoms with E-state index in [9.17, 15) is 4.39 Å². The molecule has 0 bridgehead atoms. The zero-order chi connectivity index (χ0) is 12.8. The van der Waals surface area contributed by atoms with Crippen LogP contribution < -0.4 is 4.90 Å². The largest absolute Gasteiger partial charge is 0.395 e. The lowest BCUT2D eigenvalue weighted by Crippen LogP contribution is -2.38. The topological polar surface area (TPSA) is 36.4 Å². The van der Waals surface area contributed by atoms with Crippen LogP contribution in [0.3, 0.4) is 0 Å². The molecule has 0 spiro atoms. The van der Waals surface area contributed by atoms with E-state index in [0.717, 1.165) is 12.8 Å². The molecule has 0 saturated heterocycles. The van der Waals surface area contributed by atoms with E-state index in [0.29, 0.717) is 6.54 Å². The molecule has 0 unspecified atom stereocenters. The lowest BCUT2D eigenvalue weighted by atomic mass is 10.1. The number of rotatable bonds is 6. The SMILES string of the molecule is CCC(CC)N(CCO)c1ncc(Cl)cc1F. The van der Waals surface area contributed by atoms with Gasteiger partial charge in [0.1, 0.15) is 0 Å². The highest BCUT2D eigenvalue weighted by Crippen LogP contribution is 2.23. The van der Waals surface area contributed by atoms with Crippen molar-refractivity contribution in [2.24, 2.45) is 0 Å². The van der Waals surface area contributed by atoms with E-state index in [1.165, 1.54) is 12.3 Å². The number of pyridine rings is 1. The van der Waals surface area contributed by atoms with Crippen molar-refractivity contribution in [1.82, 2.24) is 4.98 Å². The summed E-state index contributed by atoms with van der Waals surface area (Å²) in [5.41, 5.74) is 0. The molecule has 1 N–H and O–H groups in total. The van der Waals surface area contributed by atoms with Gasteiger partial charge in [0.2, 0.25) is 0 Å². The monoisotopic (exact) mass is 260 g/mol. The number of aliphatic hydroxyl groups is 1. The third-order valence-electron chi connectivity index (χ3n) is 2.78. The van der Waals surface area contributed by atoms with E-state index in [2.05, 4.69) is 4.98 Å². The second-order valence-corrected chi connectivity index (χ2v) is 4.28. The van der Waals surface area contributed by atoms with Crippen molar-refractivity contribution in [1.29, 1.82) is 0 Å². The first-order valence-corrected chi connectivity index (χ1v) is 6.20. The standard InChI is InChI=1S/C12H18ClFN2O/c1-3-10(4-2)16(5-6-17)12-11(14)7-9(13)8-15-12/h7-8,10,17H,3-6H2,1-2H3. The molecule has 0 atom stereocenters. The number of halogens is 2. The van der Waals surface area contributed by atoms with E-state index in [1.807, 2.05) is 13.8 Å². The molecule has 0 aliphatic rings. The van der Waals surface area contributed by atoms with Gasteiger partial charge in [-0.15, -0.1) is 0 Å². The van der Waals surface area contributed by atoms with Gasteiger partial charge < -0.3 is 10.0 Å². The summed E-state index contributed by atoms with van der Waals surface area (Å²) in [6, 6.07) is 1.42. The van der Waals surface area contributed by atoms with Gasteiger partial charge in [0.05, 0.1) is 11.6 Å². The second-order valence-electron chi connectivity index (χ2n) is 3.85. The van der Waals surface area contributed by atoms with Gasteiger partial charge in [-0.25, -0.2) is 9.37 Å². The minimum Gasteiger partial charge on any atom is -0.395 e. The van der Waals surface area contributed by atoms with Crippen molar-refractivity contribution < 1.29 is 9.50 Å². The van der Waals surface area contributed by atoms with Crippen molar-refractivity contribution >= 4 is 17.4 Å². The van der Waals surface area contributed by atoms with Gasteiger partial charge in [0, 0.05) is 18.8 Å². The summed E-state index contributed by atoms with van der Waals surface area (Å²) >= 11 is 5.68. The van der Waals surface area contributed by atoms with Gasteiger partial charge in [-0.05, 0) is 18.9 Å². The van der Waals surface area contributed by atoms with Gasteiger partial charge in [-0.2, -0.15) is 0 Å². The maximum atomic E-state index is 13.8. The van der Waals surface area contributed by atoms with Gasteiger partial charge >= 0.3 is 0 Å². The van der Waals surface area contributed by atoms with Gasteiger partial charge in [-0.1, -0.05) is 25.4 Å². The summed E-state index contributed by atoms with van der Waals surface area (Å²) in [5, 5.41) is 9.34. The Kier molecular flexibility index (Phi) is 5.65. The molecule has 1 aromatic rings. The summed E-state index contributed by atoms with van der Waals surface area (Å²) in [6.45, 7) is 4.41. The quantitative estimate of drug-likeness (QED) is 0.855. The smallest absolute Gasteiger partial charge is 0.167 e. The zero-order valence-corrected chi connectivity index (χ0v) is 10.9. The maximum absolute atomic E-state index is 13.8. The molecular formula is C12H18ClFN2O. The van der Waals surface area contributed by atoms with Crippen molar-refractivity contribution in [3.05, 3.63) is 23.1 Å². The second kappa shape index (κ2) is 6.77. The van der Waals surface area contributed by atoms with Gasteiger partial charge in [0.15, 0.2) is 11.6 Å². The minimum absolute atomic E-state index is 0.0275. The Morgan fingerprint density at radius 1 is 1.47 bits per heavy atom. The molecule has 0 aliphatic heterocycles. The molecule has 96 valence electrons. The van der Waals surface area contributed by atoms with Crippen LogP contribution in [-0.2, 0) is 0 Å². The van der Waals surface area contributed by atoms with Crippen molar-refractivity contribution in [3.63, 3.8) is 0 Å². The maximum Gasteiger partial charge on any atom is 0.167 e. The van der Waals surface area contributed by atoms with E-state index >= 15 is 0 Å². The average molecular weight is 261 g/mol. The molecule has 0 aliphatic carbocycles. The first-order chi connectivity index (χ1) is 8.13. The van der Waals surface area contributed by atoms with E-state index < -0.39 is 5.82 Å². The fourth-order valence-electron chi connectivity index (χ4n) is 1.92. The van der Waals surface area contributed by atoms with Crippen LogP contribution in [0.1, 0.15) is 26.7 Å². The van der Waals surface area contributed by atoms with Crippen LogP contribution in [-0.4, -0.2) is 29.3 Å². The Balaban J connectivity index is 3.03. The van der Waals surface area contributed by atoms with Crippen LogP contribution >= 0.6 is 11.6 Å². The summed E-state index contributed by atoms with van der Waals surface area (Å²) in [6.07, 6.45) is 3.17. The number of aliphatic hydroxyl groups excluding tert-OH is 1. The van der Waals surface area contributed by atoms with Gasteiger partial charge in [-0.3, -0.25) is 0 Å². The molecule has 1 aromatic heterocycles. The Morgan fingerprint density at radius 2 is 2.12 bits per heavy atom. The van der Waals surface area contributed by atoms with Gasteiger partial charge in [0.25, 0.3) is 0 Å².